The lowest BCUT2D eigenvalue weighted by Crippen LogP contribution is -2.33. The van der Waals surface area contributed by atoms with E-state index in [1.807, 2.05) is 0 Å². The SMILES string of the molecule is CCNC(Cc1ccc(C)cc1)C1CC1c1ccccc1. The van der Waals surface area contributed by atoms with Gasteiger partial charge in [-0.05, 0) is 49.3 Å². The van der Waals surface area contributed by atoms with Crippen molar-refractivity contribution in [2.75, 3.05) is 6.54 Å². The Hall–Kier alpha value is -1.60. The maximum absolute atomic E-state index is 3.71. The Morgan fingerprint density at radius 3 is 2.43 bits per heavy atom. The van der Waals surface area contributed by atoms with Gasteiger partial charge in [0.1, 0.15) is 0 Å². The molecule has 0 aromatic heterocycles. The molecular weight excluding hydrogens is 254 g/mol. The van der Waals surface area contributed by atoms with Gasteiger partial charge in [0.05, 0.1) is 0 Å². The van der Waals surface area contributed by atoms with Gasteiger partial charge in [0.15, 0.2) is 0 Å². The van der Waals surface area contributed by atoms with Crippen LogP contribution in [-0.4, -0.2) is 12.6 Å². The van der Waals surface area contributed by atoms with E-state index >= 15 is 0 Å². The Bertz CT molecular complexity index is 558. The van der Waals surface area contributed by atoms with Crippen molar-refractivity contribution in [2.24, 2.45) is 5.92 Å². The van der Waals surface area contributed by atoms with E-state index in [0.29, 0.717) is 6.04 Å². The highest BCUT2D eigenvalue weighted by atomic mass is 14.9. The summed E-state index contributed by atoms with van der Waals surface area (Å²) in [7, 11) is 0. The van der Waals surface area contributed by atoms with Gasteiger partial charge in [0.2, 0.25) is 0 Å². The van der Waals surface area contributed by atoms with Crippen molar-refractivity contribution in [1.29, 1.82) is 0 Å². The average molecular weight is 279 g/mol. The summed E-state index contributed by atoms with van der Waals surface area (Å²) in [5, 5.41) is 3.71. The smallest absolute Gasteiger partial charge is 0.0142 e. The molecule has 1 nitrogen and oxygen atoms in total. The van der Waals surface area contributed by atoms with E-state index in [9.17, 15) is 0 Å². The fourth-order valence-corrected chi connectivity index (χ4v) is 3.36. The van der Waals surface area contributed by atoms with E-state index in [1.54, 1.807) is 0 Å². The second kappa shape index (κ2) is 6.44. The first kappa shape index (κ1) is 14.3. The second-order valence-electron chi connectivity index (χ2n) is 6.27. The molecule has 21 heavy (non-hydrogen) atoms. The number of nitrogens with one attached hydrogen (secondary N) is 1. The third-order valence-corrected chi connectivity index (χ3v) is 4.63. The van der Waals surface area contributed by atoms with E-state index in [2.05, 4.69) is 73.8 Å². The van der Waals surface area contributed by atoms with Crippen LogP contribution in [0.1, 0.15) is 36.0 Å². The van der Waals surface area contributed by atoms with Crippen molar-refractivity contribution >= 4 is 0 Å². The zero-order chi connectivity index (χ0) is 14.7. The minimum Gasteiger partial charge on any atom is -0.314 e. The Balaban J connectivity index is 1.67. The molecule has 0 bridgehead atoms. The van der Waals surface area contributed by atoms with Gasteiger partial charge < -0.3 is 5.32 Å². The molecule has 0 spiro atoms. The quantitative estimate of drug-likeness (QED) is 0.830. The topological polar surface area (TPSA) is 12.0 Å². The van der Waals surface area contributed by atoms with Crippen LogP contribution in [0.2, 0.25) is 0 Å². The molecule has 0 aliphatic heterocycles. The summed E-state index contributed by atoms with van der Waals surface area (Å²) in [5.74, 6) is 1.54. The molecule has 0 radical (unpaired) electrons. The van der Waals surface area contributed by atoms with Crippen molar-refractivity contribution in [3.63, 3.8) is 0 Å². The van der Waals surface area contributed by atoms with Gasteiger partial charge >= 0.3 is 0 Å². The molecular formula is C20H25N. The van der Waals surface area contributed by atoms with Crippen molar-refractivity contribution in [3.8, 4) is 0 Å². The van der Waals surface area contributed by atoms with Crippen molar-refractivity contribution in [2.45, 2.75) is 38.6 Å². The Morgan fingerprint density at radius 1 is 1.05 bits per heavy atom. The zero-order valence-electron chi connectivity index (χ0n) is 13.0. The summed E-state index contributed by atoms with van der Waals surface area (Å²) in [6, 6.07) is 20.6. The molecule has 0 saturated heterocycles. The number of aryl methyl sites for hydroxylation is 1. The lowest BCUT2D eigenvalue weighted by Gasteiger charge is -2.18. The van der Waals surface area contributed by atoms with Crippen LogP contribution in [-0.2, 0) is 6.42 Å². The highest BCUT2D eigenvalue weighted by Crippen LogP contribution is 2.50. The lowest BCUT2D eigenvalue weighted by molar-refractivity contribution is 0.464. The van der Waals surface area contributed by atoms with E-state index < -0.39 is 0 Å². The predicted octanol–water partition coefficient (Wildman–Crippen LogP) is 4.32. The first-order chi connectivity index (χ1) is 10.3. The fourth-order valence-electron chi connectivity index (χ4n) is 3.36. The normalized spacial score (nSPS) is 22.0. The van der Waals surface area contributed by atoms with Gasteiger partial charge in [0, 0.05) is 6.04 Å². The lowest BCUT2D eigenvalue weighted by atomic mass is 9.98. The van der Waals surface area contributed by atoms with Crippen LogP contribution in [0.3, 0.4) is 0 Å². The van der Waals surface area contributed by atoms with Crippen LogP contribution in [0, 0.1) is 12.8 Å². The van der Waals surface area contributed by atoms with E-state index in [1.165, 1.54) is 23.1 Å². The van der Waals surface area contributed by atoms with E-state index in [0.717, 1.165) is 24.8 Å². The van der Waals surface area contributed by atoms with Gasteiger partial charge in [-0.25, -0.2) is 0 Å². The summed E-state index contributed by atoms with van der Waals surface area (Å²) in [4.78, 5) is 0. The maximum Gasteiger partial charge on any atom is 0.0142 e. The molecule has 0 heterocycles. The number of hydrogen-bond donors (Lipinski definition) is 1. The van der Waals surface area contributed by atoms with Gasteiger partial charge in [-0.1, -0.05) is 67.1 Å². The Morgan fingerprint density at radius 2 is 1.76 bits per heavy atom. The summed E-state index contributed by atoms with van der Waals surface area (Å²) in [6.45, 7) is 5.41. The molecule has 1 aliphatic carbocycles. The maximum atomic E-state index is 3.71. The first-order valence-electron chi connectivity index (χ1n) is 8.12. The zero-order valence-corrected chi connectivity index (χ0v) is 13.0. The predicted molar refractivity (Wildman–Crippen MR) is 89.6 cm³/mol. The molecule has 1 heteroatoms. The minimum absolute atomic E-state index is 0.600. The monoisotopic (exact) mass is 279 g/mol. The largest absolute Gasteiger partial charge is 0.314 e. The van der Waals surface area contributed by atoms with Crippen molar-refractivity contribution in [3.05, 3.63) is 71.3 Å². The van der Waals surface area contributed by atoms with Crippen molar-refractivity contribution < 1.29 is 0 Å². The number of likely N-dealkylation sites (N-methyl/N-ethyl adjacent to an activating group) is 1. The van der Waals surface area contributed by atoms with Gasteiger partial charge in [-0.2, -0.15) is 0 Å². The molecule has 110 valence electrons. The van der Waals surface area contributed by atoms with Crippen molar-refractivity contribution in [1.82, 2.24) is 5.32 Å². The van der Waals surface area contributed by atoms with E-state index in [4.69, 9.17) is 0 Å². The van der Waals surface area contributed by atoms with Crippen LogP contribution in [0.5, 0.6) is 0 Å². The Labute approximate surface area is 128 Å². The molecule has 3 rings (SSSR count). The second-order valence-corrected chi connectivity index (χ2v) is 6.27. The molecule has 0 amide bonds. The highest BCUT2D eigenvalue weighted by molar-refractivity contribution is 5.28. The first-order valence-corrected chi connectivity index (χ1v) is 8.12. The van der Waals surface area contributed by atoms with Gasteiger partial charge in [-0.3, -0.25) is 0 Å². The van der Waals surface area contributed by atoms with E-state index in [-0.39, 0.29) is 0 Å². The molecule has 3 unspecified atom stereocenters. The third kappa shape index (κ3) is 3.54. The number of benzene rings is 2. The fraction of sp³-hybridized carbons (Fsp3) is 0.400. The number of hydrogen-bond acceptors (Lipinski definition) is 1. The Kier molecular flexibility index (Phi) is 4.40. The molecule has 2 aromatic rings. The summed E-state index contributed by atoms with van der Waals surface area (Å²) in [6.07, 6.45) is 2.47. The summed E-state index contributed by atoms with van der Waals surface area (Å²) in [5.41, 5.74) is 4.30. The van der Waals surface area contributed by atoms with Crippen LogP contribution in [0.15, 0.2) is 54.6 Å². The third-order valence-electron chi connectivity index (χ3n) is 4.63. The van der Waals surface area contributed by atoms with Crippen LogP contribution in [0.4, 0.5) is 0 Å². The average Bonchev–Trinajstić information content (AvgIpc) is 3.30. The van der Waals surface area contributed by atoms with Crippen LogP contribution >= 0.6 is 0 Å². The molecule has 1 fully saturated rings. The van der Waals surface area contributed by atoms with Crippen LogP contribution < -0.4 is 5.32 Å². The highest BCUT2D eigenvalue weighted by Gasteiger charge is 2.43. The standard InChI is InChI=1S/C20H25N/c1-3-21-20(13-16-11-9-15(2)10-12-16)19-14-18(19)17-7-5-4-6-8-17/h4-12,18-21H,3,13-14H2,1-2H3. The molecule has 1 aliphatic rings. The summed E-state index contributed by atoms with van der Waals surface area (Å²) >= 11 is 0. The molecule has 2 aromatic carbocycles. The minimum atomic E-state index is 0.600. The molecule has 1 saturated carbocycles. The van der Waals surface area contributed by atoms with Gasteiger partial charge in [0.25, 0.3) is 0 Å². The summed E-state index contributed by atoms with van der Waals surface area (Å²) < 4.78 is 0. The molecule has 1 N–H and O–H groups in total. The van der Waals surface area contributed by atoms with Crippen LogP contribution in [0.25, 0.3) is 0 Å². The van der Waals surface area contributed by atoms with Gasteiger partial charge in [-0.15, -0.1) is 0 Å². The number of rotatable bonds is 6. The molecule has 3 atom stereocenters.